The highest BCUT2D eigenvalue weighted by atomic mass is 35.5. The fraction of sp³-hybridized carbons (Fsp3) is 0.280. The van der Waals surface area contributed by atoms with Crippen LogP contribution in [0.2, 0.25) is 5.02 Å². The highest BCUT2D eigenvalue weighted by Crippen LogP contribution is 2.23. The van der Waals surface area contributed by atoms with E-state index < -0.39 is 0 Å². The molecule has 0 N–H and O–H groups in total. The van der Waals surface area contributed by atoms with Gasteiger partial charge in [0.05, 0.1) is 30.6 Å². The first kappa shape index (κ1) is 23.4. The predicted molar refractivity (Wildman–Crippen MR) is 127 cm³/mol. The summed E-state index contributed by atoms with van der Waals surface area (Å²) in [5.41, 5.74) is 3.73. The van der Waals surface area contributed by atoms with E-state index in [4.69, 9.17) is 21.1 Å². The largest absolute Gasteiger partial charge is 0.496 e. The van der Waals surface area contributed by atoms with Gasteiger partial charge in [-0.2, -0.15) is 5.10 Å². The molecule has 0 saturated heterocycles. The number of carbonyl (C=O) groups is 1. The molecule has 0 atom stereocenters. The average molecular weight is 454 g/mol. The third kappa shape index (κ3) is 5.92. The number of hydrogen-bond donors (Lipinski definition) is 0. The van der Waals surface area contributed by atoms with Gasteiger partial charge in [-0.25, -0.2) is 0 Å². The molecule has 0 unspecified atom stereocenters. The molecule has 1 amide bonds. The van der Waals surface area contributed by atoms with E-state index in [2.05, 4.69) is 5.10 Å². The zero-order valence-electron chi connectivity index (χ0n) is 18.8. The van der Waals surface area contributed by atoms with Crippen LogP contribution in [0.25, 0.3) is 6.08 Å². The molecule has 2 aromatic carbocycles. The first-order chi connectivity index (χ1) is 15.4. The van der Waals surface area contributed by atoms with Crippen LogP contribution in [0, 0.1) is 6.92 Å². The Morgan fingerprint density at radius 1 is 1.25 bits per heavy atom. The summed E-state index contributed by atoms with van der Waals surface area (Å²) in [5.74, 6) is 1.41. The van der Waals surface area contributed by atoms with Crippen molar-refractivity contribution in [3.63, 3.8) is 0 Å². The number of aromatic nitrogens is 2. The molecule has 0 radical (unpaired) electrons. The Morgan fingerprint density at radius 2 is 2.06 bits per heavy atom. The van der Waals surface area contributed by atoms with Gasteiger partial charge in [-0.1, -0.05) is 29.8 Å². The molecule has 0 saturated carbocycles. The van der Waals surface area contributed by atoms with Crippen molar-refractivity contribution < 1.29 is 14.3 Å². The van der Waals surface area contributed by atoms with E-state index >= 15 is 0 Å². The second kappa shape index (κ2) is 10.9. The maximum atomic E-state index is 12.6. The van der Waals surface area contributed by atoms with Gasteiger partial charge in [-0.3, -0.25) is 9.48 Å². The fourth-order valence-electron chi connectivity index (χ4n) is 3.30. The van der Waals surface area contributed by atoms with Crippen molar-refractivity contribution >= 4 is 23.6 Å². The van der Waals surface area contributed by atoms with Crippen LogP contribution in [-0.2, 0) is 24.5 Å². The monoisotopic (exact) mass is 453 g/mol. The van der Waals surface area contributed by atoms with Crippen LogP contribution in [0.4, 0.5) is 0 Å². The van der Waals surface area contributed by atoms with Crippen molar-refractivity contribution in [3.8, 4) is 11.5 Å². The minimum Gasteiger partial charge on any atom is -0.496 e. The molecule has 32 heavy (non-hydrogen) atoms. The maximum absolute atomic E-state index is 12.6. The molecule has 0 spiro atoms. The lowest BCUT2D eigenvalue weighted by molar-refractivity contribution is -0.125. The SMILES string of the molecule is CCn1ncc(Cl)c1CN(C)C(=O)/C=C/c1ccc(OC)c(COc2cccc(C)c2)c1. The summed E-state index contributed by atoms with van der Waals surface area (Å²) >= 11 is 6.21. The summed E-state index contributed by atoms with van der Waals surface area (Å²) in [6, 6.07) is 13.6. The molecule has 7 heteroatoms. The zero-order chi connectivity index (χ0) is 23.1. The zero-order valence-corrected chi connectivity index (χ0v) is 19.6. The van der Waals surface area contributed by atoms with Crippen LogP contribution in [-0.4, -0.2) is 34.7 Å². The van der Waals surface area contributed by atoms with Crippen LogP contribution in [0.1, 0.15) is 29.3 Å². The molecule has 0 aliphatic carbocycles. The van der Waals surface area contributed by atoms with Crippen LogP contribution < -0.4 is 9.47 Å². The molecule has 1 aromatic heterocycles. The summed E-state index contributed by atoms with van der Waals surface area (Å²) in [6.07, 6.45) is 4.94. The van der Waals surface area contributed by atoms with Gasteiger partial charge >= 0.3 is 0 Å². The average Bonchev–Trinajstić information content (AvgIpc) is 3.15. The van der Waals surface area contributed by atoms with Gasteiger partial charge in [0.15, 0.2) is 0 Å². The Bertz CT molecular complexity index is 1110. The molecular formula is C25H28ClN3O3. The maximum Gasteiger partial charge on any atom is 0.246 e. The van der Waals surface area contributed by atoms with E-state index in [9.17, 15) is 4.79 Å². The lowest BCUT2D eigenvalue weighted by atomic mass is 10.1. The molecule has 0 bridgehead atoms. The normalized spacial score (nSPS) is 11.0. The molecule has 0 aliphatic heterocycles. The molecule has 6 nitrogen and oxygen atoms in total. The molecule has 3 rings (SSSR count). The summed E-state index contributed by atoms with van der Waals surface area (Å²) in [5, 5.41) is 4.77. The van der Waals surface area contributed by atoms with E-state index in [0.717, 1.165) is 33.9 Å². The number of nitrogens with zero attached hydrogens (tertiary/aromatic N) is 3. The molecule has 168 valence electrons. The van der Waals surface area contributed by atoms with Gasteiger partial charge in [-0.15, -0.1) is 0 Å². The van der Waals surface area contributed by atoms with Gasteiger partial charge in [0.2, 0.25) is 5.91 Å². The van der Waals surface area contributed by atoms with E-state index in [-0.39, 0.29) is 5.91 Å². The molecular weight excluding hydrogens is 426 g/mol. The Hall–Kier alpha value is -3.25. The number of benzene rings is 2. The van der Waals surface area contributed by atoms with Crippen molar-refractivity contribution in [3.05, 3.63) is 82.1 Å². The predicted octanol–water partition coefficient (Wildman–Crippen LogP) is 5.12. The smallest absolute Gasteiger partial charge is 0.246 e. The number of aryl methyl sites for hydroxylation is 2. The van der Waals surface area contributed by atoms with Crippen molar-refractivity contribution in [2.45, 2.75) is 33.5 Å². The number of rotatable bonds is 9. The number of methoxy groups -OCH3 is 1. The number of likely N-dealkylation sites (N-methyl/N-ethyl adjacent to an activating group) is 1. The first-order valence-corrected chi connectivity index (χ1v) is 10.8. The second-order valence-corrected chi connectivity index (χ2v) is 7.87. The minimum atomic E-state index is -0.127. The van der Waals surface area contributed by atoms with Crippen molar-refractivity contribution in [2.75, 3.05) is 14.2 Å². The molecule has 0 fully saturated rings. The minimum absolute atomic E-state index is 0.127. The topological polar surface area (TPSA) is 56.6 Å². The summed E-state index contributed by atoms with van der Waals surface area (Å²) in [7, 11) is 3.37. The van der Waals surface area contributed by atoms with Crippen LogP contribution >= 0.6 is 11.6 Å². The molecule has 3 aromatic rings. The molecule has 0 aliphatic rings. The van der Waals surface area contributed by atoms with E-state index in [1.165, 1.54) is 0 Å². The van der Waals surface area contributed by atoms with E-state index in [0.29, 0.717) is 24.7 Å². The standard InChI is InChI=1S/C25H28ClN3O3/c1-5-29-23(22(26)15-27-29)16-28(3)25(30)12-10-19-9-11-24(31-4)20(14-19)17-32-21-8-6-7-18(2)13-21/h6-15H,5,16-17H2,1-4H3/b12-10+. The van der Waals surface area contributed by atoms with Gasteiger partial charge in [0.25, 0.3) is 0 Å². The summed E-state index contributed by atoms with van der Waals surface area (Å²) in [6.45, 7) is 5.45. The Labute approximate surface area is 194 Å². The Balaban J connectivity index is 1.68. The lowest BCUT2D eigenvalue weighted by Crippen LogP contribution is -2.25. The summed E-state index contributed by atoms with van der Waals surface area (Å²) in [4.78, 5) is 14.2. The summed E-state index contributed by atoms with van der Waals surface area (Å²) < 4.78 is 13.2. The van der Waals surface area contributed by atoms with Gasteiger partial charge in [-0.05, 0) is 55.3 Å². The number of halogens is 1. The Kier molecular flexibility index (Phi) is 7.95. The molecule has 1 heterocycles. The highest BCUT2D eigenvalue weighted by Gasteiger charge is 2.13. The number of amides is 1. The van der Waals surface area contributed by atoms with Crippen LogP contribution in [0.5, 0.6) is 11.5 Å². The van der Waals surface area contributed by atoms with Crippen LogP contribution in [0.15, 0.2) is 54.7 Å². The van der Waals surface area contributed by atoms with Gasteiger partial charge < -0.3 is 14.4 Å². The third-order valence-corrected chi connectivity index (χ3v) is 5.38. The van der Waals surface area contributed by atoms with Crippen LogP contribution in [0.3, 0.4) is 0 Å². The quantitative estimate of drug-likeness (QED) is 0.422. The van der Waals surface area contributed by atoms with Crippen molar-refractivity contribution in [1.82, 2.24) is 14.7 Å². The van der Waals surface area contributed by atoms with Gasteiger partial charge in [0, 0.05) is 25.2 Å². The number of carbonyl (C=O) groups excluding carboxylic acids is 1. The van der Waals surface area contributed by atoms with Crippen molar-refractivity contribution in [2.24, 2.45) is 0 Å². The first-order valence-electron chi connectivity index (χ1n) is 10.4. The van der Waals surface area contributed by atoms with E-state index in [1.807, 2.05) is 56.3 Å². The van der Waals surface area contributed by atoms with E-state index in [1.54, 1.807) is 42.1 Å². The van der Waals surface area contributed by atoms with Gasteiger partial charge in [0.1, 0.15) is 18.1 Å². The Morgan fingerprint density at radius 3 is 2.78 bits per heavy atom. The fourth-order valence-corrected chi connectivity index (χ4v) is 3.50. The second-order valence-electron chi connectivity index (χ2n) is 7.46. The number of ether oxygens (including phenoxy) is 2. The highest BCUT2D eigenvalue weighted by molar-refractivity contribution is 6.31. The lowest BCUT2D eigenvalue weighted by Gasteiger charge is -2.16. The third-order valence-electron chi connectivity index (χ3n) is 5.07. The van der Waals surface area contributed by atoms with Crippen molar-refractivity contribution in [1.29, 1.82) is 0 Å². The number of hydrogen-bond acceptors (Lipinski definition) is 4.